The number of rotatable bonds is 3. The van der Waals surface area contributed by atoms with Crippen LogP contribution in [-0.4, -0.2) is 19.1 Å². The van der Waals surface area contributed by atoms with Gasteiger partial charge < -0.3 is 10.2 Å². The Bertz CT molecular complexity index is 609. The van der Waals surface area contributed by atoms with E-state index in [1.54, 1.807) is 12.3 Å². The molecule has 0 radical (unpaired) electrons. The molecule has 0 aliphatic heterocycles. The molecule has 0 amide bonds. The Morgan fingerprint density at radius 2 is 1.89 bits per heavy atom. The summed E-state index contributed by atoms with van der Waals surface area (Å²) in [6.07, 6.45) is 1.66. The minimum Gasteiger partial charge on any atom is -0.377 e. The molecule has 0 atom stereocenters. The van der Waals surface area contributed by atoms with Crippen molar-refractivity contribution in [1.82, 2.24) is 4.98 Å². The van der Waals surface area contributed by atoms with Gasteiger partial charge in [-0.15, -0.1) is 0 Å². The van der Waals surface area contributed by atoms with Crippen LogP contribution in [0.1, 0.15) is 11.3 Å². The molecule has 0 fully saturated rings. The fourth-order valence-electron chi connectivity index (χ4n) is 1.87. The highest BCUT2D eigenvalue weighted by molar-refractivity contribution is 5.67. The summed E-state index contributed by atoms with van der Waals surface area (Å²) in [7, 11) is 4.05. The lowest BCUT2D eigenvalue weighted by molar-refractivity contribution is 1.11. The topological polar surface area (TPSA) is 52.0 Å². The Morgan fingerprint density at radius 1 is 1.16 bits per heavy atom. The van der Waals surface area contributed by atoms with E-state index in [1.165, 1.54) is 11.3 Å². The van der Waals surface area contributed by atoms with Crippen molar-refractivity contribution in [3.63, 3.8) is 0 Å². The Labute approximate surface area is 113 Å². The van der Waals surface area contributed by atoms with Gasteiger partial charge in [0.2, 0.25) is 0 Å². The molecular weight excluding hydrogens is 236 g/mol. The van der Waals surface area contributed by atoms with Crippen molar-refractivity contribution in [3.05, 3.63) is 47.8 Å². The number of benzene rings is 1. The average Bonchev–Trinajstić information content (AvgIpc) is 2.41. The molecule has 1 heterocycles. The number of hydrogen-bond donors (Lipinski definition) is 1. The van der Waals surface area contributed by atoms with Gasteiger partial charge in [0.15, 0.2) is 0 Å². The molecule has 0 bridgehead atoms. The number of anilines is 3. The zero-order chi connectivity index (χ0) is 13.8. The van der Waals surface area contributed by atoms with Crippen LogP contribution in [0.4, 0.5) is 17.1 Å². The van der Waals surface area contributed by atoms with E-state index < -0.39 is 0 Å². The summed E-state index contributed by atoms with van der Waals surface area (Å²) in [6.45, 7) is 2.09. The number of aromatic nitrogens is 1. The largest absolute Gasteiger partial charge is 0.377 e. The number of nitriles is 1. The first-order chi connectivity index (χ1) is 9.10. The SMILES string of the molecule is Cc1ccc(Nc2ccc(C#N)nc2)cc1N(C)C. The summed E-state index contributed by atoms with van der Waals surface area (Å²) in [5.74, 6) is 0. The van der Waals surface area contributed by atoms with E-state index in [0.29, 0.717) is 5.69 Å². The average molecular weight is 252 g/mol. The molecule has 96 valence electrons. The molecule has 1 aromatic carbocycles. The summed E-state index contributed by atoms with van der Waals surface area (Å²) in [5, 5.41) is 12.0. The van der Waals surface area contributed by atoms with E-state index in [0.717, 1.165) is 11.4 Å². The van der Waals surface area contributed by atoms with Gasteiger partial charge >= 0.3 is 0 Å². The molecule has 0 saturated heterocycles. The second-order valence-electron chi connectivity index (χ2n) is 4.56. The molecular formula is C15H16N4. The Morgan fingerprint density at radius 3 is 2.47 bits per heavy atom. The van der Waals surface area contributed by atoms with E-state index in [-0.39, 0.29) is 0 Å². The maximum absolute atomic E-state index is 8.71. The van der Waals surface area contributed by atoms with E-state index in [2.05, 4.69) is 34.3 Å². The van der Waals surface area contributed by atoms with Crippen LogP contribution in [0.5, 0.6) is 0 Å². The van der Waals surface area contributed by atoms with Crippen LogP contribution in [0.15, 0.2) is 36.5 Å². The minimum atomic E-state index is 0.420. The Balaban J connectivity index is 2.23. The predicted molar refractivity (Wildman–Crippen MR) is 77.7 cm³/mol. The highest BCUT2D eigenvalue weighted by Crippen LogP contribution is 2.24. The van der Waals surface area contributed by atoms with Gasteiger partial charge in [-0.25, -0.2) is 4.98 Å². The number of pyridine rings is 1. The van der Waals surface area contributed by atoms with Gasteiger partial charge in [-0.05, 0) is 36.8 Å². The van der Waals surface area contributed by atoms with Crippen molar-refractivity contribution in [2.75, 3.05) is 24.3 Å². The predicted octanol–water partition coefficient (Wildman–Crippen LogP) is 3.07. The van der Waals surface area contributed by atoms with Crippen molar-refractivity contribution >= 4 is 17.1 Å². The highest BCUT2D eigenvalue weighted by Gasteiger charge is 2.03. The number of nitrogens with one attached hydrogen (secondary N) is 1. The van der Waals surface area contributed by atoms with Crippen LogP contribution in [0.25, 0.3) is 0 Å². The summed E-state index contributed by atoms with van der Waals surface area (Å²) in [5.41, 5.74) is 4.69. The molecule has 1 aromatic heterocycles. The molecule has 0 unspecified atom stereocenters. The molecule has 1 N–H and O–H groups in total. The molecule has 2 rings (SSSR count). The van der Waals surface area contributed by atoms with Crippen molar-refractivity contribution in [2.24, 2.45) is 0 Å². The summed E-state index contributed by atoms with van der Waals surface area (Å²) in [6, 6.07) is 11.7. The normalized spacial score (nSPS) is 9.79. The molecule has 4 heteroatoms. The molecule has 19 heavy (non-hydrogen) atoms. The zero-order valence-electron chi connectivity index (χ0n) is 11.3. The van der Waals surface area contributed by atoms with Crippen molar-refractivity contribution in [1.29, 1.82) is 5.26 Å². The maximum Gasteiger partial charge on any atom is 0.140 e. The number of aryl methyl sites for hydroxylation is 1. The molecule has 0 spiro atoms. The van der Waals surface area contributed by atoms with Gasteiger partial charge in [0, 0.05) is 25.5 Å². The summed E-state index contributed by atoms with van der Waals surface area (Å²) >= 11 is 0. The first-order valence-corrected chi connectivity index (χ1v) is 6.01. The first-order valence-electron chi connectivity index (χ1n) is 6.01. The quantitative estimate of drug-likeness (QED) is 0.912. The Kier molecular flexibility index (Phi) is 3.67. The van der Waals surface area contributed by atoms with Gasteiger partial charge in [0.1, 0.15) is 11.8 Å². The van der Waals surface area contributed by atoms with Crippen LogP contribution >= 0.6 is 0 Å². The molecule has 0 aliphatic rings. The lowest BCUT2D eigenvalue weighted by Gasteiger charge is -2.17. The smallest absolute Gasteiger partial charge is 0.140 e. The van der Waals surface area contributed by atoms with Gasteiger partial charge in [0.25, 0.3) is 0 Å². The van der Waals surface area contributed by atoms with E-state index in [9.17, 15) is 0 Å². The third-order valence-electron chi connectivity index (χ3n) is 2.86. The van der Waals surface area contributed by atoms with E-state index >= 15 is 0 Å². The lowest BCUT2D eigenvalue weighted by atomic mass is 10.1. The second kappa shape index (κ2) is 5.40. The van der Waals surface area contributed by atoms with Crippen molar-refractivity contribution in [2.45, 2.75) is 6.92 Å². The third kappa shape index (κ3) is 3.02. The number of hydrogen-bond acceptors (Lipinski definition) is 4. The van der Waals surface area contributed by atoms with Crippen LogP contribution in [0.3, 0.4) is 0 Å². The van der Waals surface area contributed by atoms with Gasteiger partial charge in [-0.3, -0.25) is 0 Å². The highest BCUT2D eigenvalue weighted by atomic mass is 15.1. The minimum absolute atomic E-state index is 0.420. The van der Waals surface area contributed by atoms with Gasteiger partial charge in [-0.2, -0.15) is 5.26 Å². The van der Waals surface area contributed by atoms with Crippen LogP contribution in [0, 0.1) is 18.3 Å². The summed E-state index contributed by atoms with van der Waals surface area (Å²) < 4.78 is 0. The zero-order valence-corrected chi connectivity index (χ0v) is 11.3. The van der Waals surface area contributed by atoms with E-state index in [4.69, 9.17) is 5.26 Å². The summed E-state index contributed by atoms with van der Waals surface area (Å²) in [4.78, 5) is 6.12. The molecule has 0 saturated carbocycles. The van der Waals surface area contributed by atoms with Crippen molar-refractivity contribution in [3.8, 4) is 6.07 Å². The second-order valence-corrected chi connectivity index (χ2v) is 4.56. The van der Waals surface area contributed by atoms with Crippen LogP contribution in [0.2, 0.25) is 0 Å². The van der Waals surface area contributed by atoms with Crippen LogP contribution < -0.4 is 10.2 Å². The molecule has 2 aromatic rings. The molecule has 4 nitrogen and oxygen atoms in total. The molecule has 0 aliphatic carbocycles. The van der Waals surface area contributed by atoms with Gasteiger partial charge in [0.05, 0.1) is 11.9 Å². The van der Waals surface area contributed by atoms with Crippen LogP contribution in [-0.2, 0) is 0 Å². The lowest BCUT2D eigenvalue weighted by Crippen LogP contribution is -2.10. The monoisotopic (exact) mass is 252 g/mol. The maximum atomic E-state index is 8.71. The number of nitrogens with zero attached hydrogens (tertiary/aromatic N) is 3. The van der Waals surface area contributed by atoms with Crippen molar-refractivity contribution < 1.29 is 0 Å². The fraction of sp³-hybridized carbons (Fsp3) is 0.200. The fourth-order valence-corrected chi connectivity index (χ4v) is 1.87. The standard InChI is InChI=1S/C15H16N4/c1-11-4-5-12(8-15(11)19(2)3)18-14-7-6-13(9-16)17-10-14/h4-8,10,18H,1-3H3. The van der Waals surface area contributed by atoms with Gasteiger partial charge in [-0.1, -0.05) is 6.07 Å². The van der Waals surface area contributed by atoms with E-state index in [1.807, 2.05) is 32.3 Å². The first kappa shape index (κ1) is 12.9. The third-order valence-corrected chi connectivity index (χ3v) is 2.86. The Hall–Kier alpha value is -2.54.